The topological polar surface area (TPSA) is 72.0 Å². The van der Waals surface area contributed by atoms with Gasteiger partial charge in [-0.15, -0.1) is 11.8 Å². The number of rotatable bonds is 5. The predicted octanol–water partition coefficient (Wildman–Crippen LogP) is 3.32. The molecule has 0 saturated heterocycles. The molecule has 0 spiro atoms. The molecule has 0 atom stereocenters. The molecule has 0 saturated carbocycles. The second-order valence-corrected chi connectivity index (χ2v) is 5.40. The molecular formula is C14H14ClN3OS. The van der Waals surface area contributed by atoms with Crippen molar-refractivity contribution >= 4 is 29.2 Å². The highest BCUT2D eigenvalue weighted by molar-refractivity contribution is 7.98. The Labute approximate surface area is 126 Å². The lowest BCUT2D eigenvalue weighted by atomic mass is 10.1. The summed E-state index contributed by atoms with van der Waals surface area (Å²) in [4.78, 5) is 4.23. The first-order valence-electron chi connectivity index (χ1n) is 5.86. The van der Waals surface area contributed by atoms with Crippen molar-refractivity contribution in [2.24, 2.45) is 5.73 Å². The Balaban J connectivity index is 2.15. The fourth-order valence-electron chi connectivity index (χ4n) is 1.68. The van der Waals surface area contributed by atoms with Gasteiger partial charge in [-0.1, -0.05) is 17.7 Å². The molecule has 0 aliphatic carbocycles. The summed E-state index contributed by atoms with van der Waals surface area (Å²) in [6.45, 7) is 0. The van der Waals surface area contributed by atoms with Crippen LogP contribution < -0.4 is 10.5 Å². The lowest BCUT2D eigenvalue weighted by molar-refractivity contribution is 0.413. The molecule has 2 aromatic rings. The van der Waals surface area contributed by atoms with E-state index in [-0.39, 0.29) is 5.84 Å². The van der Waals surface area contributed by atoms with Crippen molar-refractivity contribution in [3.05, 3.63) is 52.7 Å². The second-order valence-electron chi connectivity index (χ2n) is 4.03. The van der Waals surface area contributed by atoms with Gasteiger partial charge in [0, 0.05) is 11.9 Å². The summed E-state index contributed by atoms with van der Waals surface area (Å²) in [7, 11) is 1.56. The number of thioether (sulfide) groups is 1. The lowest BCUT2D eigenvalue weighted by Crippen LogP contribution is -2.12. The first-order valence-corrected chi connectivity index (χ1v) is 7.23. The monoisotopic (exact) mass is 307 g/mol. The van der Waals surface area contributed by atoms with Gasteiger partial charge in [0.05, 0.1) is 17.7 Å². The molecule has 4 nitrogen and oxygen atoms in total. The molecule has 0 amide bonds. The van der Waals surface area contributed by atoms with Crippen LogP contribution in [0.2, 0.25) is 5.02 Å². The van der Waals surface area contributed by atoms with Crippen LogP contribution in [-0.4, -0.2) is 17.9 Å². The first kappa shape index (κ1) is 14.7. The molecule has 2 rings (SSSR count). The summed E-state index contributed by atoms with van der Waals surface area (Å²) < 4.78 is 5.25. The molecule has 0 fully saturated rings. The number of ether oxygens (including phenoxy) is 1. The number of pyridine rings is 1. The van der Waals surface area contributed by atoms with Gasteiger partial charge in [0.2, 0.25) is 0 Å². The molecule has 6 heteroatoms. The third-order valence-corrected chi connectivity index (χ3v) is 4.15. The molecule has 0 aliphatic rings. The zero-order chi connectivity index (χ0) is 14.5. The number of halogens is 1. The van der Waals surface area contributed by atoms with Crippen molar-refractivity contribution in [2.75, 3.05) is 7.11 Å². The van der Waals surface area contributed by atoms with Crippen LogP contribution in [0.3, 0.4) is 0 Å². The quantitative estimate of drug-likeness (QED) is 0.505. The standard InChI is InChI=1S/C14H14ClN3OS/c1-19-12-7-9(4-5-10(12)13(16)17)8-20-14-11(15)3-2-6-18-14/h2-7H,8H2,1H3,(H3,16,17). The Hall–Kier alpha value is -1.72. The number of aromatic nitrogens is 1. The van der Waals surface area contributed by atoms with Crippen LogP contribution in [0, 0.1) is 5.41 Å². The molecule has 104 valence electrons. The van der Waals surface area contributed by atoms with Crippen LogP contribution in [0.25, 0.3) is 0 Å². The van der Waals surface area contributed by atoms with Gasteiger partial charge in [0.15, 0.2) is 0 Å². The van der Waals surface area contributed by atoms with Gasteiger partial charge in [-0.2, -0.15) is 0 Å². The van der Waals surface area contributed by atoms with Gasteiger partial charge in [-0.25, -0.2) is 4.98 Å². The predicted molar refractivity (Wildman–Crippen MR) is 82.8 cm³/mol. The van der Waals surface area contributed by atoms with Gasteiger partial charge < -0.3 is 10.5 Å². The SMILES string of the molecule is COc1cc(CSc2ncccc2Cl)ccc1C(=N)N. The van der Waals surface area contributed by atoms with E-state index in [9.17, 15) is 0 Å². The zero-order valence-corrected chi connectivity index (χ0v) is 12.5. The Bertz CT molecular complexity index is 634. The van der Waals surface area contributed by atoms with E-state index in [2.05, 4.69) is 4.98 Å². The van der Waals surface area contributed by atoms with Crippen molar-refractivity contribution < 1.29 is 4.74 Å². The molecular weight excluding hydrogens is 294 g/mol. The summed E-state index contributed by atoms with van der Waals surface area (Å²) in [6, 6.07) is 9.20. The number of amidine groups is 1. The smallest absolute Gasteiger partial charge is 0.130 e. The summed E-state index contributed by atoms with van der Waals surface area (Å²) in [5.74, 6) is 1.31. The van der Waals surface area contributed by atoms with Crippen LogP contribution in [0.15, 0.2) is 41.6 Å². The molecule has 20 heavy (non-hydrogen) atoms. The molecule has 0 aliphatic heterocycles. The fraction of sp³-hybridized carbons (Fsp3) is 0.143. The van der Waals surface area contributed by atoms with Gasteiger partial charge in [-0.05, 0) is 29.8 Å². The van der Waals surface area contributed by atoms with E-state index in [0.717, 1.165) is 10.6 Å². The number of methoxy groups -OCH3 is 1. The molecule has 1 aromatic heterocycles. The number of nitrogens with zero attached hydrogens (tertiary/aromatic N) is 1. The summed E-state index contributed by atoms with van der Waals surface area (Å²) in [5, 5.41) is 8.92. The van der Waals surface area contributed by atoms with Crippen LogP contribution >= 0.6 is 23.4 Å². The highest BCUT2D eigenvalue weighted by atomic mass is 35.5. The fourth-order valence-corrected chi connectivity index (χ4v) is 2.79. The maximum absolute atomic E-state index is 7.48. The second kappa shape index (κ2) is 6.63. The maximum atomic E-state index is 7.48. The minimum absolute atomic E-state index is 0.00572. The first-order chi connectivity index (χ1) is 9.61. The van der Waals surface area contributed by atoms with Crippen molar-refractivity contribution in [1.29, 1.82) is 5.41 Å². The number of benzene rings is 1. The molecule has 1 heterocycles. The summed E-state index contributed by atoms with van der Waals surface area (Å²) in [5.41, 5.74) is 7.14. The molecule has 3 N–H and O–H groups in total. The number of hydrogen-bond donors (Lipinski definition) is 2. The maximum Gasteiger partial charge on any atom is 0.130 e. The van der Waals surface area contributed by atoms with E-state index < -0.39 is 0 Å². The molecule has 0 unspecified atom stereocenters. The molecule has 1 aromatic carbocycles. The van der Waals surface area contributed by atoms with Crippen LogP contribution in [0.4, 0.5) is 0 Å². The minimum atomic E-state index is -0.00572. The van der Waals surface area contributed by atoms with Crippen molar-refractivity contribution in [3.8, 4) is 5.75 Å². The van der Waals surface area contributed by atoms with Gasteiger partial charge in [0.1, 0.15) is 16.6 Å². The normalized spacial score (nSPS) is 10.3. The van der Waals surface area contributed by atoms with Crippen molar-refractivity contribution in [1.82, 2.24) is 4.98 Å². The average Bonchev–Trinajstić information content (AvgIpc) is 2.46. The van der Waals surface area contributed by atoms with E-state index >= 15 is 0 Å². The van der Waals surface area contributed by atoms with Crippen molar-refractivity contribution in [2.45, 2.75) is 10.8 Å². The lowest BCUT2D eigenvalue weighted by Gasteiger charge is -2.09. The van der Waals surface area contributed by atoms with E-state index in [1.54, 1.807) is 37.2 Å². The van der Waals surface area contributed by atoms with Crippen molar-refractivity contribution in [3.63, 3.8) is 0 Å². The van der Waals surface area contributed by atoms with Crippen LogP contribution in [-0.2, 0) is 5.75 Å². The third-order valence-electron chi connectivity index (χ3n) is 2.66. The Morgan fingerprint density at radius 3 is 2.90 bits per heavy atom. The van der Waals surface area contributed by atoms with Crippen LogP contribution in [0.5, 0.6) is 5.75 Å². The number of hydrogen-bond acceptors (Lipinski definition) is 4. The minimum Gasteiger partial charge on any atom is -0.496 e. The van der Waals surface area contributed by atoms with Gasteiger partial charge in [0.25, 0.3) is 0 Å². The van der Waals surface area contributed by atoms with E-state index in [1.165, 1.54) is 0 Å². The largest absolute Gasteiger partial charge is 0.496 e. The van der Waals surface area contributed by atoms with Gasteiger partial charge in [-0.3, -0.25) is 5.41 Å². The van der Waals surface area contributed by atoms with E-state index in [4.69, 9.17) is 27.5 Å². The Morgan fingerprint density at radius 2 is 2.25 bits per heavy atom. The average molecular weight is 308 g/mol. The third kappa shape index (κ3) is 3.43. The van der Waals surface area contributed by atoms with E-state index in [0.29, 0.717) is 22.1 Å². The Kier molecular flexibility index (Phi) is 4.87. The number of nitrogens with two attached hydrogens (primary N) is 1. The summed E-state index contributed by atoms with van der Waals surface area (Å²) in [6.07, 6.45) is 1.72. The number of nitrogen functional groups attached to an aromatic ring is 1. The molecule has 0 bridgehead atoms. The zero-order valence-electron chi connectivity index (χ0n) is 10.9. The summed E-state index contributed by atoms with van der Waals surface area (Å²) >= 11 is 7.61. The number of nitrogens with one attached hydrogen (secondary N) is 1. The molecule has 0 radical (unpaired) electrons. The van der Waals surface area contributed by atoms with Gasteiger partial charge >= 0.3 is 0 Å². The van der Waals surface area contributed by atoms with E-state index in [1.807, 2.05) is 18.2 Å². The Morgan fingerprint density at radius 1 is 1.45 bits per heavy atom. The van der Waals surface area contributed by atoms with Crippen LogP contribution in [0.1, 0.15) is 11.1 Å². The highest BCUT2D eigenvalue weighted by Gasteiger charge is 2.08. The highest BCUT2D eigenvalue weighted by Crippen LogP contribution is 2.29.